The van der Waals surface area contributed by atoms with Crippen LogP contribution >= 0.6 is 0 Å². The molecule has 1 saturated heterocycles. The van der Waals surface area contributed by atoms with E-state index < -0.39 is 0 Å². The molecule has 2 rings (SSSR count). The predicted molar refractivity (Wildman–Crippen MR) is 74.8 cm³/mol. The van der Waals surface area contributed by atoms with Gasteiger partial charge in [0.05, 0.1) is 0 Å². The summed E-state index contributed by atoms with van der Waals surface area (Å²) in [5.74, 6) is 0.610. The number of amides is 1. The van der Waals surface area contributed by atoms with Gasteiger partial charge in [-0.25, -0.2) is 0 Å². The maximum Gasteiger partial charge on any atom is 0.253 e. The zero-order valence-electron chi connectivity index (χ0n) is 11.0. The van der Waals surface area contributed by atoms with Crippen LogP contribution in [-0.4, -0.2) is 30.2 Å². The van der Waals surface area contributed by atoms with Crippen molar-refractivity contribution in [3.63, 3.8) is 0 Å². The summed E-state index contributed by atoms with van der Waals surface area (Å²) in [4.78, 5) is 24.9. The third-order valence-corrected chi connectivity index (χ3v) is 3.82. The van der Waals surface area contributed by atoms with Gasteiger partial charge in [0.2, 0.25) is 0 Å². The van der Waals surface area contributed by atoms with Gasteiger partial charge in [-0.3, -0.25) is 4.79 Å². The van der Waals surface area contributed by atoms with Crippen molar-refractivity contribution in [2.45, 2.75) is 12.8 Å². The van der Waals surface area contributed by atoms with E-state index in [1.807, 2.05) is 41.3 Å². The largest absolute Gasteiger partial charge is 0.338 e. The first-order valence-electron chi connectivity index (χ1n) is 6.66. The van der Waals surface area contributed by atoms with Gasteiger partial charge in [-0.05, 0) is 30.4 Å². The van der Waals surface area contributed by atoms with Crippen LogP contribution in [0.1, 0.15) is 23.2 Å². The summed E-state index contributed by atoms with van der Waals surface area (Å²) in [6.07, 6.45) is 4.27. The summed E-state index contributed by atoms with van der Waals surface area (Å²) in [6.45, 7) is 5.21. The van der Waals surface area contributed by atoms with Crippen LogP contribution in [0.3, 0.4) is 0 Å². The number of carbonyl (C=O) groups excluding carboxylic acids is 2. The first-order valence-corrected chi connectivity index (χ1v) is 6.66. The van der Waals surface area contributed by atoms with Crippen LogP contribution in [0, 0.1) is 11.8 Å². The van der Waals surface area contributed by atoms with Gasteiger partial charge >= 0.3 is 0 Å². The smallest absolute Gasteiger partial charge is 0.253 e. The molecular weight excluding hydrogens is 238 g/mol. The lowest BCUT2D eigenvalue weighted by Crippen LogP contribution is -2.43. The lowest BCUT2D eigenvalue weighted by molar-refractivity contribution is -0.109. The molecule has 2 atom stereocenters. The van der Waals surface area contributed by atoms with Crippen molar-refractivity contribution in [1.82, 2.24) is 4.90 Å². The average molecular weight is 257 g/mol. The molecule has 0 bridgehead atoms. The summed E-state index contributed by atoms with van der Waals surface area (Å²) in [6, 6.07) is 9.32. The molecule has 0 aliphatic carbocycles. The summed E-state index contributed by atoms with van der Waals surface area (Å²) in [7, 11) is 0. The molecule has 3 heteroatoms. The minimum absolute atomic E-state index is 0.0667. The van der Waals surface area contributed by atoms with Gasteiger partial charge in [-0.2, -0.15) is 0 Å². The highest BCUT2D eigenvalue weighted by atomic mass is 16.2. The maximum absolute atomic E-state index is 12.3. The second-order valence-corrected chi connectivity index (χ2v) is 4.97. The quantitative estimate of drug-likeness (QED) is 0.614. The second-order valence-electron chi connectivity index (χ2n) is 4.97. The van der Waals surface area contributed by atoms with Crippen LogP contribution in [0.15, 0.2) is 43.0 Å². The number of aldehydes is 1. The van der Waals surface area contributed by atoms with E-state index in [1.54, 1.807) is 0 Å². The molecule has 1 fully saturated rings. The fourth-order valence-electron chi connectivity index (χ4n) is 2.66. The molecule has 1 amide bonds. The molecule has 0 spiro atoms. The fraction of sp³-hybridized carbons (Fsp3) is 0.375. The van der Waals surface area contributed by atoms with E-state index in [1.165, 1.54) is 0 Å². The van der Waals surface area contributed by atoms with Crippen LogP contribution in [0.4, 0.5) is 0 Å². The van der Waals surface area contributed by atoms with Gasteiger partial charge < -0.3 is 9.69 Å². The minimum Gasteiger partial charge on any atom is -0.338 e. The Bertz CT molecular complexity index is 455. The molecule has 0 aromatic heterocycles. The number of nitrogens with zero attached hydrogens (tertiary/aromatic N) is 1. The molecule has 1 heterocycles. The molecule has 0 N–H and O–H groups in total. The third-order valence-electron chi connectivity index (χ3n) is 3.82. The molecule has 1 aromatic rings. The molecule has 0 radical (unpaired) electrons. The van der Waals surface area contributed by atoms with Gasteiger partial charge in [0.15, 0.2) is 0 Å². The Labute approximate surface area is 113 Å². The molecule has 3 nitrogen and oxygen atoms in total. The first-order chi connectivity index (χ1) is 9.26. The highest BCUT2D eigenvalue weighted by molar-refractivity contribution is 5.94. The fourth-order valence-corrected chi connectivity index (χ4v) is 2.66. The Morgan fingerprint density at radius 3 is 2.74 bits per heavy atom. The number of hydrogen-bond donors (Lipinski definition) is 0. The van der Waals surface area contributed by atoms with E-state index >= 15 is 0 Å². The molecule has 100 valence electrons. The van der Waals surface area contributed by atoms with Crippen molar-refractivity contribution in [2.75, 3.05) is 13.1 Å². The van der Waals surface area contributed by atoms with E-state index in [9.17, 15) is 9.59 Å². The Morgan fingerprint density at radius 2 is 2.11 bits per heavy atom. The summed E-state index contributed by atoms with van der Waals surface area (Å²) >= 11 is 0. The van der Waals surface area contributed by atoms with Gasteiger partial charge in [0, 0.05) is 25.1 Å². The predicted octanol–water partition coefficient (Wildman–Crippen LogP) is 2.54. The Balaban J connectivity index is 2.05. The standard InChI is InChI=1S/C16H19NO2/c1-2-13-12-17(10-8-14(13)9-11-18)16(19)15-6-4-3-5-7-15/h2-7,11,13-14H,1,8-10,12H2/t13-,14?/m0/s1. The summed E-state index contributed by atoms with van der Waals surface area (Å²) in [5.41, 5.74) is 0.721. The third kappa shape index (κ3) is 3.11. The van der Waals surface area contributed by atoms with Crippen molar-refractivity contribution in [3.8, 4) is 0 Å². The zero-order chi connectivity index (χ0) is 13.7. The van der Waals surface area contributed by atoms with E-state index in [0.29, 0.717) is 18.9 Å². The number of hydrogen-bond acceptors (Lipinski definition) is 2. The summed E-state index contributed by atoms with van der Waals surface area (Å²) < 4.78 is 0. The summed E-state index contributed by atoms with van der Waals surface area (Å²) in [5, 5.41) is 0. The molecule has 0 saturated carbocycles. The lowest BCUT2D eigenvalue weighted by Gasteiger charge is -2.36. The number of benzene rings is 1. The number of carbonyl (C=O) groups is 2. The van der Waals surface area contributed by atoms with Crippen molar-refractivity contribution in [1.29, 1.82) is 0 Å². The highest BCUT2D eigenvalue weighted by Gasteiger charge is 2.29. The maximum atomic E-state index is 12.3. The van der Waals surface area contributed by atoms with E-state index in [-0.39, 0.29) is 11.8 Å². The van der Waals surface area contributed by atoms with Crippen LogP contribution in [-0.2, 0) is 4.79 Å². The van der Waals surface area contributed by atoms with Crippen LogP contribution in [0.2, 0.25) is 0 Å². The number of likely N-dealkylation sites (tertiary alicyclic amines) is 1. The molecule has 19 heavy (non-hydrogen) atoms. The monoisotopic (exact) mass is 257 g/mol. The normalized spacial score (nSPS) is 22.8. The highest BCUT2D eigenvalue weighted by Crippen LogP contribution is 2.27. The van der Waals surface area contributed by atoms with Crippen molar-refractivity contribution < 1.29 is 9.59 Å². The van der Waals surface area contributed by atoms with Crippen LogP contribution < -0.4 is 0 Å². The van der Waals surface area contributed by atoms with Gasteiger partial charge in [-0.1, -0.05) is 24.3 Å². The second kappa shape index (κ2) is 6.32. The van der Waals surface area contributed by atoms with Gasteiger partial charge in [-0.15, -0.1) is 6.58 Å². The van der Waals surface area contributed by atoms with Crippen molar-refractivity contribution >= 4 is 12.2 Å². The molecule has 1 aliphatic heterocycles. The minimum atomic E-state index is 0.0667. The average Bonchev–Trinajstić information content (AvgIpc) is 2.48. The van der Waals surface area contributed by atoms with Crippen LogP contribution in [0.25, 0.3) is 0 Å². The molecular formula is C16H19NO2. The van der Waals surface area contributed by atoms with E-state index in [4.69, 9.17) is 0 Å². The zero-order valence-corrected chi connectivity index (χ0v) is 11.0. The Morgan fingerprint density at radius 1 is 1.37 bits per heavy atom. The molecule has 1 aliphatic rings. The van der Waals surface area contributed by atoms with Crippen molar-refractivity contribution in [3.05, 3.63) is 48.6 Å². The number of piperidine rings is 1. The first kappa shape index (κ1) is 13.5. The number of rotatable bonds is 4. The topological polar surface area (TPSA) is 37.4 Å². The molecule has 1 aromatic carbocycles. The SMILES string of the molecule is C=C[C@H]1CN(C(=O)c2ccccc2)CCC1CC=O. The Kier molecular flexibility index (Phi) is 4.50. The lowest BCUT2D eigenvalue weighted by atomic mass is 9.83. The van der Waals surface area contributed by atoms with Crippen LogP contribution in [0.5, 0.6) is 0 Å². The molecule has 1 unspecified atom stereocenters. The van der Waals surface area contributed by atoms with E-state index in [0.717, 1.165) is 24.8 Å². The van der Waals surface area contributed by atoms with Gasteiger partial charge in [0.25, 0.3) is 5.91 Å². The van der Waals surface area contributed by atoms with Crippen molar-refractivity contribution in [2.24, 2.45) is 11.8 Å². The van der Waals surface area contributed by atoms with Gasteiger partial charge in [0.1, 0.15) is 6.29 Å². The van der Waals surface area contributed by atoms with E-state index in [2.05, 4.69) is 6.58 Å². The Hall–Kier alpha value is -1.90.